The van der Waals surface area contributed by atoms with Crippen LogP contribution in [-0.4, -0.2) is 43.5 Å². The number of hydrogen-bond acceptors (Lipinski definition) is 3. The predicted octanol–water partition coefficient (Wildman–Crippen LogP) is 5.09. The van der Waals surface area contributed by atoms with Crippen molar-refractivity contribution in [1.82, 2.24) is 4.90 Å². The molecule has 0 spiro atoms. The van der Waals surface area contributed by atoms with Crippen LogP contribution < -0.4 is 5.32 Å². The van der Waals surface area contributed by atoms with E-state index in [4.69, 9.17) is 9.47 Å². The number of benzene rings is 2. The van der Waals surface area contributed by atoms with E-state index in [9.17, 15) is 4.79 Å². The smallest absolute Gasteiger partial charge is 0.322 e. The Kier molecular flexibility index (Phi) is 9.16. The van der Waals surface area contributed by atoms with Crippen molar-refractivity contribution in [3.8, 4) is 0 Å². The fraction of sp³-hybridized carbons (Fsp3) is 0.458. The Morgan fingerprint density at radius 2 is 1.59 bits per heavy atom. The predicted molar refractivity (Wildman–Crippen MR) is 118 cm³/mol. The zero-order valence-electron chi connectivity index (χ0n) is 18.3. The van der Waals surface area contributed by atoms with E-state index in [1.807, 2.05) is 45.0 Å². The maximum atomic E-state index is 13.1. The van der Waals surface area contributed by atoms with Gasteiger partial charge in [0.1, 0.15) is 0 Å². The van der Waals surface area contributed by atoms with Crippen molar-refractivity contribution in [1.29, 1.82) is 0 Å². The summed E-state index contributed by atoms with van der Waals surface area (Å²) in [6, 6.07) is 14.2. The molecule has 0 aliphatic carbocycles. The maximum Gasteiger partial charge on any atom is 0.322 e. The SMILES string of the molecule is CCOC(CN(CCc1ccccc1)C(=O)Nc1cc(C)c(C)cc1C)OCC. The molecule has 5 nitrogen and oxygen atoms in total. The summed E-state index contributed by atoms with van der Waals surface area (Å²) >= 11 is 0. The number of amides is 2. The summed E-state index contributed by atoms with van der Waals surface area (Å²) in [6.45, 7) is 12.0. The average Bonchev–Trinajstić information content (AvgIpc) is 2.70. The zero-order valence-corrected chi connectivity index (χ0v) is 18.3. The Labute approximate surface area is 175 Å². The fourth-order valence-corrected chi connectivity index (χ4v) is 3.18. The third kappa shape index (κ3) is 7.18. The van der Waals surface area contributed by atoms with E-state index in [0.29, 0.717) is 26.3 Å². The van der Waals surface area contributed by atoms with Gasteiger partial charge in [-0.15, -0.1) is 0 Å². The second kappa shape index (κ2) is 11.6. The number of nitrogens with zero attached hydrogens (tertiary/aromatic N) is 1. The van der Waals surface area contributed by atoms with Gasteiger partial charge >= 0.3 is 6.03 Å². The second-order valence-electron chi connectivity index (χ2n) is 7.20. The molecule has 0 radical (unpaired) electrons. The molecule has 0 aliphatic heterocycles. The van der Waals surface area contributed by atoms with E-state index in [1.165, 1.54) is 11.1 Å². The number of carbonyl (C=O) groups is 1. The lowest BCUT2D eigenvalue weighted by atomic mass is 10.1. The molecule has 0 saturated heterocycles. The lowest BCUT2D eigenvalue weighted by Gasteiger charge is -2.28. The van der Waals surface area contributed by atoms with Gasteiger partial charge in [-0.05, 0) is 69.4 Å². The van der Waals surface area contributed by atoms with E-state index in [0.717, 1.165) is 23.2 Å². The molecule has 0 saturated carbocycles. The Morgan fingerprint density at radius 1 is 0.966 bits per heavy atom. The first-order valence-electron chi connectivity index (χ1n) is 10.4. The van der Waals surface area contributed by atoms with Crippen molar-refractivity contribution < 1.29 is 14.3 Å². The second-order valence-corrected chi connectivity index (χ2v) is 7.20. The molecular weight excluding hydrogens is 364 g/mol. The summed E-state index contributed by atoms with van der Waals surface area (Å²) in [4.78, 5) is 14.9. The van der Waals surface area contributed by atoms with Crippen LogP contribution in [0.3, 0.4) is 0 Å². The largest absolute Gasteiger partial charge is 0.351 e. The highest BCUT2D eigenvalue weighted by atomic mass is 16.7. The van der Waals surface area contributed by atoms with Crippen molar-refractivity contribution >= 4 is 11.7 Å². The molecule has 5 heteroatoms. The first kappa shape index (κ1) is 22.9. The molecule has 2 aromatic rings. The Bertz CT molecular complexity index is 771. The van der Waals surface area contributed by atoms with Gasteiger partial charge in [0, 0.05) is 25.4 Å². The summed E-state index contributed by atoms with van der Waals surface area (Å²) in [5, 5.41) is 3.08. The quantitative estimate of drug-likeness (QED) is 0.567. The molecule has 0 aromatic heterocycles. The van der Waals surface area contributed by atoms with E-state index in [-0.39, 0.29) is 6.03 Å². The first-order chi connectivity index (χ1) is 13.9. The number of anilines is 1. The Morgan fingerprint density at radius 3 is 2.21 bits per heavy atom. The topological polar surface area (TPSA) is 50.8 Å². The number of nitrogens with one attached hydrogen (secondary N) is 1. The number of ether oxygens (including phenoxy) is 2. The summed E-state index contributed by atoms with van der Waals surface area (Å²) in [5.41, 5.74) is 5.46. The van der Waals surface area contributed by atoms with E-state index >= 15 is 0 Å². The van der Waals surface area contributed by atoms with Gasteiger partial charge in [0.05, 0.1) is 6.54 Å². The minimum atomic E-state index is -0.438. The van der Waals surface area contributed by atoms with Crippen LogP contribution in [0, 0.1) is 20.8 Å². The van der Waals surface area contributed by atoms with Crippen LogP contribution in [0.5, 0.6) is 0 Å². The van der Waals surface area contributed by atoms with Gasteiger partial charge < -0.3 is 19.7 Å². The Balaban J connectivity index is 2.15. The summed E-state index contributed by atoms with van der Waals surface area (Å²) in [6.07, 6.45) is 0.331. The van der Waals surface area contributed by atoms with Crippen LogP contribution in [0.15, 0.2) is 42.5 Å². The minimum Gasteiger partial charge on any atom is -0.351 e. The highest BCUT2D eigenvalue weighted by molar-refractivity contribution is 5.90. The number of hydrogen-bond donors (Lipinski definition) is 1. The highest BCUT2D eigenvalue weighted by Crippen LogP contribution is 2.20. The minimum absolute atomic E-state index is 0.142. The number of urea groups is 1. The third-order valence-electron chi connectivity index (χ3n) is 4.96. The Hall–Kier alpha value is -2.37. The monoisotopic (exact) mass is 398 g/mol. The number of carbonyl (C=O) groups excluding carboxylic acids is 1. The van der Waals surface area contributed by atoms with Gasteiger partial charge in [-0.2, -0.15) is 0 Å². The van der Waals surface area contributed by atoms with E-state index < -0.39 is 6.29 Å². The molecular formula is C24H34N2O3. The molecule has 1 N–H and O–H groups in total. The van der Waals surface area contributed by atoms with Gasteiger partial charge in [0.15, 0.2) is 6.29 Å². The molecule has 0 bridgehead atoms. The van der Waals surface area contributed by atoms with E-state index in [2.05, 4.69) is 37.4 Å². The molecule has 158 valence electrons. The van der Waals surface area contributed by atoms with Crippen LogP contribution in [0.2, 0.25) is 0 Å². The van der Waals surface area contributed by atoms with Gasteiger partial charge in [-0.1, -0.05) is 36.4 Å². The van der Waals surface area contributed by atoms with Crippen LogP contribution in [0.1, 0.15) is 36.1 Å². The summed E-state index contributed by atoms with van der Waals surface area (Å²) in [7, 11) is 0. The molecule has 29 heavy (non-hydrogen) atoms. The van der Waals surface area contributed by atoms with Crippen molar-refractivity contribution in [2.45, 2.75) is 47.3 Å². The normalized spacial score (nSPS) is 11.0. The zero-order chi connectivity index (χ0) is 21.2. The number of rotatable bonds is 10. The molecule has 0 atom stereocenters. The van der Waals surface area contributed by atoms with Gasteiger partial charge in [0.2, 0.25) is 0 Å². The van der Waals surface area contributed by atoms with Crippen LogP contribution in [-0.2, 0) is 15.9 Å². The maximum absolute atomic E-state index is 13.1. The van der Waals surface area contributed by atoms with Crippen molar-refractivity contribution in [3.05, 3.63) is 64.7 Å². The average molecular weight is 399 g/mol. The summed E-state index contributed by atoms with van der Waals surface area (Å²) < 4.78 is 11.4. The van der Waals surface area contributed by atoms with Gasteiger partial charge in [0.25, 0.3) is 0 Å². The van der Waals surface area contributed by atoms with Crippen LogP contribution in [0.4, 0.5) is 10.5 Å². The molecule has 2 rings (SSSR count). The lowest BCUT2D eigenvalue weighted by molar-refractivity contribution is -0.142. The first-order valence-corrected chi connectivity index (χ1v) is 10.4. The molecule has 0 fully saturated rings. The molecule has 0 heterocycles. The molecule has 2 aromatic carbocycles. The molecule has 2 amide bonds. The lowest BCUT2D eigenvalue weighted by Crippen LogP contribution is -2.43. The summed E-state index contributed by atoms with van der Waals surface area (Å²) in [5.74, 6) is 0. The third-order valence-corrected chi connectivity index (χ3v) is 4.96. The molecule has 0 unspecified atom stereocenters. The van der Waals surface area contributed by atoms with Gasteiger partial charge in [-0.3, -0.25) is 0 Å². The standard InChI is InChI=1S/C24H34N2O3/c1-6-28-23(29-7-2)17-26(14-13-21-11-9-8-10-12-21)24(27)25-22-16-19(4)18(3)15-20(22)5/h8-12,15-16,23H,6-7,13-14,17H2,1-5H3,(H,25,27). The highest BCUT2D eigenvalue weighted by Gasteiger charge is 2.20. The molecule has 0 aliphatic rings. The van der Waals surface area contributed by atoms with Crippen LogP contribution in [0.25, 0.3) is 0 Å². The number of aryl methyl sites for hydroxylation is 3. The van der Waals surface area contributed by atoms with Crippen molar-refractivity contribution in [3.63, 3.8) is 0 Å². The van der Waals surface area contributed by atoms with E-state index in [1.54, 1.807) is 4.90 Å². The van der Waals surface area contributed by atoms with Gasteiger partial charge in [-0.25, -0.2) is 4.79 Å². The van der Waals surface area contributed by atoms with Crippen molar-refractivity contribution in [2.75, 3.05) is 31.6 Å². The van der Waals surface area contributed by atoms with Crippen LogP contribution >= 0.6 is 0 Å². The fourth-order valence-electron chi connectivity index (χ4n) is 3.18. The van der Waals surface area contributed by atoms with Crippen molar-refractivity contribution in [2.24, 2.45) is 0 Å².